The first kappa shape index (κ1) is 15.2. The first-order chi connectivity index (χ1) is 11.0. The maximum absolute atomic E-state index is 10.1. The number of H-pyrrole nitrogens is 1. The minimum Gasteiger partial charge on any atom is -0.507 e. The molecular weight excluding hydrogens is 316 g/mol. The van der Waals surface area contributed by atoms with Crippen molar-refractivity contribution in [1.29, 1.82) is 0 Å². The Bertz CT molecular complexity index is 857. The second kappa shape index (κ2) is 5.85. The molecule has 0 spiro atoms. The third-order valence-corrected chi connectivity index (χ3v) is 3.95. The van der Waals surface area contributed by atoms with Gasteiger partial charge in [0.1, 0.15) is 22.9 Å². The minimum absolute atomic E-state index is 0.0897. The number of phenols is 2. The number of rotatable bonds is 3. The van der Waals surface area contributed by atoms with Crippen molar-refractivity contribution in [2.75, 3.05) is 7.11 Å². The summed E-state index contributed by atoms with van der Waals surface area (Å²) in [5.41, 5.74) is 3.64. The zero-order valence-corrected chi connectivity index (χ0v) is 13.3. The number of aromatic hydroxyl groups is 2. The van der Waals surface area contributed by atoms with Crippen LogP contribution < -0.4 is 4.74 Å². The number of hydrogen-bond donors (Lipinski definition) is 3. The molecule has 0 radical (unpaired) electrons. The average molecular weight is 331 g/mol. The van der Waals surface area contributed by atoms with Gasteiger partial charge in [0, 0.05) is 22.9 Å². The van der Waals surface area contributed by atoms with E-state index in [1.165, 1.54) is 12.1 Å². The number of aryl methyl sites for hydroxylation is 1. The molecule has 0 unspecified atom stereocenters. The molecular formula is C17H15ClN2O3. The van der Waals surface area contributed by atoms with Gasteiger partial charge in [0.25, 0.3) is 0 Å². The highest BCUT2D eigenvalue weighted by Crippen LogP contribution is 2.41. The van der Waals surface area contributed by atoms with E-state index < -0.39 is 0 Å². The maximum Gasteiger partial charge on any atom is 0.137 e. The third-order valence-electron chi connectivity index (χ3n) is 3.65. The fourth-order valence-electron chi connectivity index (χ4n) is 2.48. The maximum atomic E-state index is 10.1. The summed E-state index contributed by atoms with van der Waals surface area (Å²) >= 11 is 5.96. The summed E-state index contributed by atoms with van der Waals surface area (Å²) in [6.45, 7) is 1.90. The Hall–Kier alpha value is -2.66. The van der Waals surface area contributed by atoms with Crippen LogP contribution >= 0.6 is 11.6 Å². The molecule has 3 rings (SSSR count). The van der Waals surface area contributed by atoms with E-state index in [0.717, 1.165) is 22.6 Å². The van der Waals surface area contributed by atoms with Crippen LogP contribution in [0.25, 0.3) is 22.4 Å². The molecule has 0 bridgehead atoms. The van der Waals surface area contributed by atoms with Crippen molar-refractivity contribution >= 4 is 11.6 Å². The predicted octanol–water partition coefficient (Wildman–Crippen LogP) is 4.13. The number of benzene rings is 2. The topological polar surface area (TPSA) is 78.4 Å². The fourth-order valence-corrected chi connectivity index (χ4v) is 2.64. The van der Waals surface area contributed by atoms with Gasteiger partial charge < -0.3 is 14.9 Å². The molecule has 0 saturated carbocycles. The predicted molar refractivity (Wildman–Crippen MR) is 89.1 cm³/mol. The van der Waals surface area contributed by atoms with Gasteiger partial charge in [-0.25, -0.2) is 0 Å². The SMILES string of the molecule is COc1ccc(-c2c(-c3cc(Cl)c(O)cc3O)n[nH]c2C)cc1. The highest BCUT2D eigenvalue weighted by Gasteiger charge is 2.18. The Morgan fingerprint density at radius 2 is 1.78 bits per heavy atom. The Morgan fingerprint density at radius 1 is 1.09 bits per heavy atom. The van der Waals surface area contributed by atoms with Crippen LogP contribution in [0.3, 0.4) is 0 Å². The van der Waals surface area contributed by atoms with Gasteiger partial charge >= 0.3 is 0 Å². The largest absolute Gasteiger partial charge is 0.507 e. The summed E-state index contributed by atoms with van der Waals surface area (Å²) in [4.78, 5) is 0. The van der Waals surface area contributed by atoms with Crippen LogP contribution in [0.2, 0.25) is 5.02 Å². The van der Waals surface area contributed by atoms with Crippen molar-refractivity contribution in [1.82, 2.24) is 10.2 Å². The third kappa shape index (κ3) is 2.71. The number of halogens is 1. The van der Waals surface area contributed by atoms with E-state index in [4.69, 9.17) is 16.3 Å². The number of nitrogens with zero attached hydrogens (tertiary/aromatic N) is 1. The average Bonchev–Trinajstić information content (AvgIpc) is 2.92. The molecule has 3 N–H and O–H groups in total. The van der Waals surface area contributed by atoms with Gasteiger partial charge in [-0.2, -0.15) is 5.10 Å². The van der Waals surface area contributed by atoms with Gasteiger partial charge in [0.05, 0.1) is 12.1 Å². The first-order valence-electron chi connectivity index (χ1n) is 6.92. The lowest BCUT2D eigenvalue weighted by Gasteiger charge is -2.08. The summed E-state index contributed by atoms with van der Waals surface area (Å²) in [7, 11) is 1.61. The normalized spacial score (nSPS) is 10.7. The van der Waals surface area contributed by atoms with Crippen molar-refractivity contribution in [2.45, 2.75) is 6.92 Å². The summed E-state index contributed by atoms with van der Waals surface area (Å²) in [6, 6.07) is 10.2. The van der Waals surface area contributed by atoms with Crippen LogP contribution in [0.5, 0.6) is 17.2 Å². The van der Waals surface area contributed by atoms with E-state index in [1.54, 1.807) is 7.11 Å². The van der Waals surface area contributed by atoms with E-state index >= 15 is 0 Å². The quantitative estimate of drug-likeness (QED) is 0.675. The van der Waals surface area contributed by atoms with Crippen LogP contribution in [-0.4, -0.2) is 27.5 Å². The van der Waals surface area contributed by atoms with Crippen LogP contribution in [0.1, 0.15) is 5.69 Å². The molecule has 2 aromatic carbocycles. The number of methoxy groups -OCH3 is 1. The zero-order chi connectivity index (χ0) is 16.6. The summed E-state index contributed by atoms with van der Waals surface area (Å²) in [5.74, 6) is 0.492. The number of nitrogens with one attached hydrogen (secondary N) is 1. The van der Waals surface area contributed by atoms with Gasteiger partial charge in [0.2, 0.25) is 0 Å². The van der Waals surface area contributed by atoms with E-state index in [-0.39, 0.29) is 16.5 Å². The number of aromatic amines is 1. The first-order valence-corrected chi connectivity index (χ1v) is 7.30. The van der Waals surface area contributed by atoms with Crippen molar-refractivity contribution in [2.24, 2.45) is 0 Å². The molecule has 3 aromatic rings. The van der Waals surface area contributed by atoms with Gasteiger partial charge in [-0.15, -0.1) is 0 Å². The van der Waals surface area contributed by atoms with E-state index in [0.29, 0.717) is 11.3 Å². The molecule has 0 atom stereocenters. The van der Waals surface area contributed by atoms with Crippen LogP contribution in [0, 0.1) is 6.92 Å². The number of phenolic OH excluding ortho intramolecular Hbond substituents is 2. The number of hydrogen-bond acceptors (Lipinski definition) is 4. The van der Waals surface area contributed by atoms with Crippen molar-refractivity contribution in [3.63, 3.8) is 0 Å². The molecule has 0 aliphatic heterocycles. The molecule has 5 nitrogen and oxygen atoms in total. The molecule has 0 saturated heterocycles. The lowest BCUT2D eigenvalue weighted by molar-refractivity contribution is 0.415. The highest BCUT2D eigenvalue weighted by molar-refractivity contribution is 6.32. The van der Waals surface area contributed by atoms with Gasteiger partial charge in [-0.3, -0.25) is 5.10 Å². The van der Waals surface area contributed by atoms with E-state index in [1.807, 2.05) is 31.2 Å². The molecule has 0 aliphatic rings. The Kier molecular flexibility index (Phi) is 3.88. The molecule has 0 amide bonds. The van der Waals surface area contributed by atoms with Crippen molar-refractivity contribution in [3.05, 3.63) is 47.1 Å². The van der Waals surface area contributed by atoms with Gasteiger partial charge in [0.15, 0.2) is 0 Å². The monoisotopic (exact) mass is 330 g/mol. The van der Waals surface area contributed by atoms with Crippen LogP contribution in [-0.2, 0) is 0 Å². The molecule has 0 aliphatic carbocycles. The second-order valence-electron chi connectivity index (χ2n) is 5.12. The summed E-state index contributed by atoms with van der Waals surface area (Å²) in [6.07, 6.45) is 0. The van der Waals surface area contributed by atoms with E-state index in [9.17, 15) is 10.2 Å². The molecule has 0 fully saturated rings. The second-order valence-corrected chi connectivity index (χ2v) is 5.53. The van der Waals surface area contributed by atoms with Crippen molar-refractivity contribution in [3.8, 4) is 39.6 Å². The molecule has 118 valence electrons. The van der Waals surface area contributed by atoms with Gasteiger partial charge in [-0.1, -0.05) is 23.7 Å². The van der Waals surface area contributed by atoms with Gasteiger partial charge in [-0.05, 0) is 30.7 Å². The number of ether oxygens (including phenoxy) is 1. The molecule has 1 heterocycles. The summed E-state index contributed by atoms with van der Waals surface area (Å²) in [5, 5.41) is 27.1. The smallest absolute Gasteiger partial charge is 0.137 e. The van der Waals surface area contributed by atoms with Crippen LogP contribution in [0.4, 0.5) is 0 Å². The lowest BCUT2D eigenvalue weighted by Crippen LogP contribution is -1.87. The Balaban J connectivity index is 2.17. The van der Waals surface area contributed by atoms with E-state index in [2.05, 4.69) is 10.2 Å². The highest BCUT2D eigenvalue weighted by atomic mass is 35.5. The summed E-state index contributed by atoms with van der Waals surface area (Å²) < 4.78 is 5.17. The Labute approximate surface area is 138 Å². The van der Waals surface area contributed by atoms with Crippen molar-refractivity contribution < 1.29 is 14.9 Å². The number of aromatic nitrogens is 2. The van der Waals surface area contributed by atoms with Crippen LogP contribution in [0.15, 0.2) is 36.4 Å². The Morgan fingerprint density at radius 3 is 2.43 bits per heavy atom. The zero-order valence-electron chi connectivity index (χ0n) is 12.6. The fraction of sp³-hybridized carbons (Fsp3) is 0.118. The molecule has 6 heteroatoms. The minimum atomic E-state index is -0.175. The lowest BCUT2D eigenvalue weighted by atomic mass is 9.98. The molecule has 1 aromatic heterocycles. The molecule has 23 heavy (non-hydrogen) atoms. The standard InChI is InChI=1S/C17H15ClN2O3/c1-9-16(10-3-5-11(23-2)6-4-10)17(20-19-9)12-7-13(18)15(22)8-14(12)21/h3-8,21-22H,1-2H3,(H,19,20).